The molecule has 0 bridgehead atoms. The molecule has 4 N–H and O–H groups in total. The largest absolute Gasteiger partial charge is 0.456 e. The molecule has 0 fully saturated rings. The van der Waals surface area contributed by atoms with Crippen molar-refractivity contribution >= 4 is 0 Å². The second-order valence-electron chi connectivity index (χ2n) is 6.56. The Morgan fingerprint density at radius 1 is 1.06 bits per heavy atom. The lowest BCUT2D eigenvalue weighted by Gasteiger charge is -2.35. The Labute approximate surface area is 174 Å². The summed E-state index contributed by atoms with van der Waals surface area (Å²) < 4.78 is 63.4. The zero-order valence-corrected chi connectivity index (χ0v) is 15.8. The van der Waals surface area contributed by atoms with Gasteiger partial charge in [0.05, 0.1) is 17.8 Å². The number of hydrogen-bond acceptors (Lipinski definition) is 6. The maximum atomic E-state index is 15.3. The van der Waals surface area contributed by atoms with Gasteiger partial charge in [-0.2, -0.15) is 14.0 Å². The van der Waals surface area contributed by atoms with Crippen molar-refractivity contribution in [3.63, 3.8) is 0 Å². The molecule has 0 saturated carbocycles. The minimum absolute atomic E-state index is 0.109. The number of hydrogen-bond donors (Lipinski definition) is 3. The van der Waals surface area contributed by atoms with E-state index in [-0.39, 0.29) is 5.75 Å². The fraction of sp³-hybridized carbons (Fsp3) is 0.143. The van der Waals surface area contributed by atoms with Crippen molar-refractivity contribution in [2.24, 2.45) is 5.84 Å². The molecule has 3 aromatic rings. The predicted molar refractivity (Wildman–Crippen MR) is 102 cm³/mol. The average Bonchev–Trinajstić information content (AvgIpc) is 2.74. The lowest BCUT2D eigenvalue weighted by Crippen LogP contribution is -2.52. The van der Waals surface area contributed by atoms with E-state index in [0.29, 0.717) is 17.4 Å². The average molecular weight is 432 g/mol. The Morgan fingerprint density at radius 3 is 2.29 bits per heavy atom. The number of ether oxygens (including phenoxy) is 1. The molecule has 0 aliphatic carbocycles. The van der Waals surface area contributed by atoms with Gasteiger partial charge >= 0.3 is 5.92 Å². The zero-order valence-electron chi connectivity index (χ0n) is 15.8. The van der Waals surface area contributed by atoms with Gasteiger partial charge in [0.15, 0.2) is 5.60 Å². The van der Waals surface area contributed by atoms with Crippen LogP contribution in [0.1, 0.15) is 16.8 Å². The summed E-state index contributed by atoms with van der Waals surface area (Å²) in [4.78, 5) is 3.65. The quantitative estimate of drug-likeness (QED) is 0.300. The van der Waals surface area contributed by atoms with Crippen LogP contribution in [0.2, 0.25) is 0 Å². The van der Waals surface area contributed by atoms with E-state index in [4.69, 9.17) is 15.8 Å². The fourth-order valence-corrected chi connectivity index (χ4v) is 2.92. The summed E-state index contributed by atoms with van der Waals surface area (Å²) in [5, 5.41) is 19.5. The normalized spacial score (nSPS) is 13.3. The monoisotopic (exact) mass is 432 g/mol. The van der Waals surface area contributed by atoms with Gasteiger partial charge in [-0.15, -0.1) is 0 Å². The summed E-state index contributed by atoms with van der Waals surface area (Å²) in [6.45, 7) is -0.951. The van der Waals surface area contributed by atoms with Crippen LogP contribution in [-0.2, 0) is 11.5 Å². The molecule has 6 nitrogen and oxygen atoms in total. The van der Waals surface area contributed by atoms with Crippen molar-refractivity contribution in [3.8, 4) is 17.6 Å². The molecule has 0 aliphatic rings. The summed E-state index contributed by atoms with van der Waals surface area (Å²) >= 11 is 0. The third kappa shape index (κ3) is 4.34. The van der Waals surface area contributed by atoms with Gasteiger partial charge in [-0.05, 0) is 42.5 Å². The minimum Gasteiger partial charge on any atom is -0.456 e. The van der Waals surface area contributed by atoms with Gasteiger partial charge in [0.1, 0.15) is 28.8 Å². The summed E-state index contributed by atoms with van der Waals surface area (Å²) in [5.74, 6) is -0.883. The van der Waals surface area contributed by atoms with Crippen LogP contribution < -0.4 is 16.0 Å². The number of halogens is 4. The van der Waals surface area contributed by atoms with E-state index in [0.717, 1.165) is 24.4 Å². The number of aromatic nitrogens is 1. The van der Waals surface area contributed by atoms with Gasteiger partial charge in [0, 0.05) is 18.2 Å². The van der Waals surface area contributed by atoms with Crippen molar-refractivity contribution in [3.05, 3.63) is 89.2 Å². The SMILES string of the molecule is N#Cc1ccc(Oc2ccc(C(F)(F)C(O)(CNN)c3ccc(F)cc3F)nc2)cc1. The van der Waals surface area contributed by atoms with E-state index in [1.807, 2.05) is 11.5 Å². The molecule has 0 spiro atoms. The Kier molecular flexibility index (Phi) is 6.21. The van der Waals surface area contributed by atoms with Crippen LogP contribution in [0.25, 0.3) is 0 Å². The maximum Gasteiger partial charge on any atom is 0.323 e. The molecular formula is C21H16F4N4O2. The number of pyridine rings is 1. The fourth-order valence-electron chi connectivity index (χ4n) is 2.92. The number of nitriles is 1. The second-order valence-corrected chi connectivity index (χ2v) is 6.56. The first-order valence-corrected chi connectivity index (χ1v) is 8.85. The molecule has 10 heteroatoms. The number of rotatable bonds is 7. The van der Waals surface area contributed by atoms with E-state index < -0.39 is 41.0 Å². The number of nitrogens with two attached hydrogens (primary N) is 1. The van der Waals surface area contributed by atoms with Crippen LogP contribution in [0.4, 0.5) is 17.6 Å². The Balaban J connectivity index is 1.92. The molecule has 2 aromatic carbocycles. The molecular weight excluding hydrogens is 416 g/mol. The molecule has 0 aliphatic heterocycles. The lowest BCUT2D eigenvalue weighted by atomic mass is 9.84. The highest BCUT2D eigenvalue weighted by Crippen LogP contribution is 2.45. The van der Waals surface area contributed by atoms with Crippen molar-refractivity contribution in [1.82, 2.24) is 10.4 Å². The van der Waals surface area contributed by atoms with Crippen LogP contribution in [0.3, 0.4) is 0 Å². The third-order valence-electron chi connectivity index (χ3n) is 4.53. The summed E-state index contributed by atoms with van der Waals surface area (Å²) in [6, 6.07) is 12.0. The summed E-state index contributed by atoms with van der Waals surface area (Å²) in [7, 11) is 0. The number of hydrazine groups is 1. The zero-order chi connectivity index (χ0) is 22.6. The van der Waals surface area contributed by atoms with Crippen LogP contribution in [0, 0.1) is 23.0 Å². The molecule has 3 rings (SSSR count). The summed E-state index contributed by atoms with van der Waals surface area (Å²) in [5.41, 5.74) is -2.57. The highest BCUT2D eigenvalue weighted by Gasteiger charge is 2.57. The first kappa shape index (κ1) is 22.2. The number of nitrogens with one attached hydrogen (secondary N) is 1. The van der Waals surface area contributed by atoms with Gasteiger partial charge in [-0.3, -0.25) is 16.3 Å². The molecule has 160 valence electrons. The van der Waals surface area contributed by atoms with Crippen LogP contribution in [0.5, 0.6) is 11.5 Å². The van der Waals surface area contributed by atoms with Crippen molar-refractivity contribution in [1.29, 1.82) is 5.26 Å². The highest BCUT2D eigenvalue weighted by atomic mass is 19.3. The van der Waals surface area contributed by atoms with Crippen molar-refractivity contribution in [2.75, 3.05) is 6.54 Å². The lowest BCUT2D eigenvalue weighted by molar-refractivity contribution is -0.196. The first-order valence-electron chi connectivity index (χ1n) is 8.85. The van der Waals surface area contributed by atoms with Crippen LogP contribution in [0.15, 0.2) is 60.8 Å². The van der Waals surface area contributed by atoms with Crippen molar-refractivity contribution in [2.45, 2.75) is 11.5 Å². The third-order valence-corrected chi connectivity index (χ3v) is 4.53. The van der Waals surface area contributed by atoms with E-state index in [9.17, 15) is 13.9 Å². The Hall–Kier alpha value is -3.52. The van der Waals surface area contributed by atoms with E-state index in [1.54, 1.807) is 0 Å². The number of aliphatic hydroxyl groups is 1. The summed E-state index contributed by atoms with van der Waals surface area (Å²) in [6.07, 6.45) is 0.999. The van der Waals surface area contributed by atoms with Gasteiger partial charge in [0.2, 0.25) is 0 Å². The predicted octanol–water partition coefficient (Wildman–Crippen LogP) is 3.47. The number of nitrogens with zero attached hydrogens (tertiary/aromatic N) is 2. The maximum absolute atomic E-state index is 15.3. The van der Waals surface area contributed by atoms with E-state index in [1.165, 1.54) is 30.3 Å². The Bertz CT molecular complexity index is 1100. The molecule has 1 heterocycles. The molecule has 1 aromatic heterocycles. The van der Waals surface area contributed by atoms with E-state index >= 15 is 8.78 Å². The van der Waals surface area contributed by atoms with Gasteiger partial charge in [0.25, 0.3) is 0 Å². The van der Waals surface area contributed by atoms with Gasteiger partial charge in [-0.25, -0.2) is 8.78 Å². The number of alkyl halides is 2. The molecule has 31 heavy (non-hydrogen) atoms. The van der Waals surface area contributed by atoms with Crippen molar-refractivity contribution < 1.29 is 27.4 Å². The standard InChI is InChI=1S/C21H16F4N4O2/c22-14-3-7-17(18(23)9-14)20(30,12-29-27)21(24,25)19-8-6-16(11-28-19)31-15-4-1-13(10-26)2-5-15/h1-9,11,29-30H,12,27H2. The first-order chi connectivity index (χ1) is 14.7. The van der Waals surface area contributed by atoms with E-state index in [2.05, 4.69) is 4.98 Å². The Morgan fingerprint density at radius 2 is 1.74 bits per heavy atom. The van der Waals surface area contributed by atoms with Gasteiger partial charge < -0.3 is 9.84 Å². The molecule has 0 saturated heterocycles. The topological polar surface area (TPSA) is 104 Å². The van der Waals surface area contributed by atoms with Crippen LogP contribution >= 0.6 is 0 Å². The van der Waals surface area contributed by atoms with Crippen LogP contribution in [-0.4, -0.2) is 16.6 Å². The molecule has 1 atom stereocenters. The highest BCUT2D eigenvalue weighted by molar-refractivity contribution is 5.38. The molecule has 0 amide bonds. The second kappa shape index (κ2) is 8.69. The minimum atomic E-state index is -4.12. The molecule has 0 radical (unpaired) electrons. The smallest absolute Gasteiger partial charge is 0.323 e. The van der Waals surface area contributed by atoms with Gasteiger partial charge in [-0.1, -0.05) is 6.07 Å². The molecule has 1 unspecified atom stereocenters. The number of benzene rings is 2.